The van der Waals surface area contributed by atoms with Crippen LogP contribution in [0, 0.1) is 11.3 Å². The van der Waals surface area contributed by atoms with E-state index in [0.29, 0.717) is 5.56 Å². The molecule has 0 amide bonds. The molecule has 0 fully saturated rings. The Bertz CT molecular complexity index is 3350. The molecule has 9 aromatic carbocycles. The summed E-state index contributed by atoms with van der Waals surface area (Å²) in [5.74, 6) is 0. The summed E-state index contributed by atoms with van der Waals surface area (Å²) >= 11 is 0. The Morgan fingerprint density at radius 3 is 1.69 bits per heavy atom. The first kappa shape index (κ1) is 31.0. The van der Waals surface area contributed by atoms with E-state index in [4.69, 9.17) is 4.98 Å². The zero-order valence-corrected chi connectivity index (χ0v) is 29.7. The first-order chi connectivity index (χ1) is 27.2. The molecule has 3 heteroatoms. The lowest BCUT2D eigenvalue weighted by molar-refractivity contribution is 1.18. The molecule has 3 nitrogen and oxygen atoms in total. The summed E-state index contributed by atoms with van der Waals surface area (Å²) in [5.41, 5.74) is 11.6. The average molecular weight is 698 g/mol. The summed E-state index contributed by atoms with van der Waals surface area (Å²) in [7, 11) is 0. The minimum atomic E-state index is 0.654. The lowest BCUT2D eigenvalue weighted by Crippen LogP contribution is -1.93. The number of pyridine rings is 1. The largest absolute Gasteiger partial charge is 0.309 e. The van der Waals surface area contributed by atoms with Crippen molar-refractivity contribution in [2.45, 2.75) is 0 Å². The zero-order valence-electron chi connectivity index (χ0n) is 29.7. The number of benzene rings is 9. The van der Waals surface area contributed by atoms with E-state index in [9.17, 15) is 5.26 Å². The van der Waals surface area contributed by atoms with E-state index >= 15 is 0 Å². The molecule has 0 N–H and O–H groups in total. The third-order valence-electron chi connectivity index (χ3n) is 11.2. The normalized spacial score (nSPS) is 11.6. The van der Waals surface area contributed by atoms with Crippen molar-refractivity contribution < 1.29 is 0 Å². The fourth-order valence-electron chi connectivity index (χ4n) is 8.64. The second kappa shape index (κ2) is 12.3. The van der Waals surface area contributed by atoms with Gasteiger partial charge in [-0.25, -0.2) is 4.98 Å². The molecule has 0 atom stereocenters. The van der Waals surface area contributed by atoms with Crippen molar-refractivity contribution in [2.24, 2.45) is 0 Å². The molecule has 0 aliphatic rings. The maximum Gasteiger partial charge on any atom is 0.0991 e. The Balaban J connectivity index is 1.12. The summed E-state index contributed by atoms with van der Waals surface area (Å²) in [6.45, 7) is 0. The van der Waals surface area contributed by atoms with Gasteiger partial charge < -0.3 is 4.57 Å². The van der Waals surface area contributed by atoms with Crippen LogP contribution in [-0.2, 0) is 0 Å². The average Bonchev–Trinajstić information content (AvgIpc) is 3.59. The lowest BCUT2D eigenvalue weighted by atomic mass is 9.88. The van der Waals surface area contributed by atoms with Gasteiger partial charge in [0, 0.05) is 38.2 Å². The molecule has 11 aromatic rings. The quantitative estimate of drug-likeness (QED) is 0.172. The van der Waals surface area contributed by atoms with Gasteiger partial charge in [-0.1, -0.05) is 133 Å². The lowest BCUT2D eigenvalue weighted by Gasteiger charge is -2.17. The molecular formula is C52H31N3. The van der Waals surface area contributed by atoms with Gasteiger partial charge in [-0.3, -0.25) is 0 Å². The highest BCUT2D eigenvalue weighted by Gasteiger charge is 2.19. The fraction of sp³-hybridized carbons (Fsp3) is 0. The van der Waals surface area contributed by atoms with Crippen molar-refractivity contribution in [1.82, 2.24) is 9.55 Å². The first-order valence-electron chi connectivity index (χ1n) is 18.6. The highest BCUT2D eigenvalue weighted by Crippen LogP contribution is 2.44. The summed E-state index contributed by atoms with van der Waals surface area (Å²) in [6, 6.07) is 69.1. The molecule has 254 valence electrons. The third-order valence-corrected chi connectivity index (χ3v) is 11.2. The number of para-hydroxylation sites is 2. The number of hydrogen-bond donors (Lipinski definition) is 0. The van der Waals surface area contributed by atoms with E-state index in [1.807, 2.05) is 18.2 Å². The van der Waals surface area contributed by atoms with Crippen molar-refractivity contribution >= 4 is 65.0 Å². The van der Waals surface area contributed by atoms with Crippen LogP contribution in [0.25, 0.3) is 104 Å². The molecule has 2 aromatic heterocycles. The Labute approximate surface area is 317 Å². The van der Waals surface area contributed by atoms with Crippen molar-refractivity contribution in [3.8, 4) is 45.3 Å². The van der Waals surface area contributed by atoms with Crippen LogP contribution in [0.1, 0.15) is 5.56 Å². The van der Waals surface area contributed by atoms with E-state index in [1.54, 1.807) is 0 Å². The molecular weight excluding hydrogens is 667 g/mol. The molecule has 0 bridgehead atoms. The highest BCUT2D eigenvalue weighted by molar-refractivity contribution is 6.33. The van der Waals surface area contributed by atoms with Crippen LogP contribution in [0.5, 0.6) is 0 Å². The Morgan fingerprint density at radius 1 is 0.382 bits per heavy atom. The number of nitrogens with zero attached hydrogens (tertiary/aromatic N) is 3. The Kier molecular flexibility index (Phi) is 6.92. The van der Waals surface area contributed by atoms with Crippen LogP contribution in [0.4, 0.5) is 0 Å². The number of rotatable bonds is 4. The molecule has 11 rings (SSSR count). The van der Waals surface area contributed by atoms with Crippen LogP contribution in [0.15, 0.2) is 188 Å². The van der Waals surface area contributed by atoms with Crippen molar-refractivity contribution in [1.29, 1.82) is 5.26 Å². The molecule has 0 spiro atoms. The van der Waals surface area contributed by atoms with Gasteiger partial charge in [-0.15, -0.1) is 0 Å². The molecule has 55 heavy (non-hydrogen) atoms. The Morgan fingerprint density at radius 2 is 0.927 bits per heavy atom. The summed E-state index contributed by atoms with van der Waals surface area (Å²) in [5, 5.41) is 20.4. The van der Waals surface area contributed by atoms with Gasteiger partial charge in [-0.2, -0.15) is 5.26 Å². The molecule has 0 unspecified atom stereocenters. The first-order valence-corrected chi connectivity index (χ1v) is 18.6. The second-order valence-electron chi connectivity index (χ2n) is 14.2. The van der Waals surface area contributed by atoms with E-state index in [2.05, 4.69) is 180 Å². The highest BCUT2D eigenvalue weighted by atomic mass is 15.0. The maximum atomic E-state index is 9.78. The summed E-state index contributed by atoms with van der Waals surface area (Å²) in [4.78, 5) is 5.41. The third kappa shape index (κ3) is 4.86. The number of fused-ring (bicyclic) bond motifs is 11. The smallest absolute Gasteiger partial charge is 0.0991 e. The van der Waals surface area contributed by atoms with Gasteiger partial charge in [0.15, 0.2) is 0 Å². The monoisotopic (exact) mass is 697 g/mol. The van der Waals surface area contributed by atoms with Gasteiger partial charge in [0.05, 0.1) is 33.9 Å². The fourth-order valence-corrected chi connectivity index (χ4v) is 8.64. The minimum absolute atomic E-state index is 0.654. The second-order valence-corrected chi connectivity index (χ2v) is 14.2. The number of aromatic nitrogens is 2. The van der Waals surface area contributed by atoms with Gasteiger partial charge in [0.25, 0.3) is 0 Å². The number of nitriles is 1. The maximum absolute atomic E-state index is 9.78. The van der Waals surface area contributed by atoms with Gasteiger partial charge in [0.1, 0.15) is 0 Å². The molecule has 0 saturated carbocycles. The van der Waals surface area contributed by atoms with E-state index in [1.165, 1.54) is 43.4 Å². The van der Waals surface area contributed by atoms with Crippen LogP contribution >= 0.6 is 0 Å². The predicted molar refractivity (Wildman–Crippen MR) is 230 cm³/mol. The summed E-state index contributed by atoms with van der Waals surface area (Å²) < 4.78 is 2.28. The van der Waals surface area contributed by atoms with E-state index in [0.717, 1.165) is 60.8 Å². The van der Waals surface area contributed by atoms with E-state index in [-0.39, 0.29) is 0 Å². The van der Waals surface area contributed by atoms with Gasteiger partial charge in [0.2, 0.25) is 0 Å². The topological polar surface area (TPSA) is 41.6 Å². The van der Waals surface area contributed by atoms with Crippen molar-refractivity contribution in [3.63, 3.8) is 0 Å². The van der Waals surface area contributed by atoms with E-state index < -0.39 is 0 Å². The zero-order chi connectivity index (χ0) is 36.5. The Hall–Kier alpha value is -7.54. The SMILES string of the molecule is N#Cc1ccc2c(c1)c1cc(-c3ccc(-c4nc5ccccc5c5c6ccccc6c6cc(-c7ccccc7)ccc6c45)cc3)ccc1n2-c1ccccc1. The molecule has 0 aliphatic heterocycles. The molecule has 0 radical (unpaired) electrons. The molecule has 0 saturated heterocycles. The van der Waals surface area contributed by atoms with Crippen LogP contribution in [-0.4, -0.2) is 9.55 Å². The standard InChI is InChI=1S/C52H31N3/c53-32-33-19-27-48-45(29-33)46-31-38(25-28-49(46)55(48)39-13-5-2-6-14-39)35-20-22-36(23-21-35)52-51-42-26-24-37(34-11-3-1-4-12-34)30-44(42)40-15-7-8-16-41(40)50(51)43-17-9-10-18-47(43)54-52/h1-31H. The van der Waals surface area contributed by atoms with Gasteiger partial charge >= 0.3 is 0 Å². The predicted octanol–water partition coefficient (Wildman–Crippen LogP) is 13.7. The van der Waals surface area contributed by atoms with Gasteiger partial charge in [-0.05, 0) is 98.4 Å². The van der Waals surface area contributed by atoms with Crippen LogP contribution < -0.4 is 0 Å². The minimum Gasteiger partial charge on any atom is -0.309 e. The van der Waals surface area contributed by atoms with Crippen molar-refractivity contribution in [2.75, 3.05) is 0 Å². The van der Waals surface area contributed by atoms with Crippen molar-refractivity contribution in [3.05, 3.63) is 194 Å². The molecule has 0 aliphatic carbocycles. The van der Waals surface area contributed by atoms with Crippen LogP contribution in [0.2, 0.25) is 0 Å². The summed E-state index contributed by atoms with van der Waals surface area (Å²) in [6.07, 6.45) is 0. The molecule has 2 heterocycles. The van der Waals surface area contributed by atoms with Crippen LogP contribution in [0.3, 0.4) is 0 Å². The number of hydrogen-bond acceptors (Lipinski definition) is 2.